The second-order valence-electron chi connectivity index (χ2n) is 6.94. The van der Waals surface area contributed by atoms with Crippen molar-refractivity contribution in [2.75, 3.05) is 11.4 Å². The van der Waals surface area contributed by atoms with Crippen LogP contribution in [0.5, 0.6) is 5.75 Å². The van der Waals surface area contributed by atoms with Gasteiger partial charge in [0.1, 0.15) is 22.4 Å². The van der Waals surface area contributed by atoms with Crippen LogP contribution in [0.15, 0.2) is 59.7 Å². The summed E-state index contributed by atoms with van der Waals surface area (Å²) in [5.74, 6) is 1.02. The van der Waals surface area contributed by atoms with Gasteiger partial charge in [-0.25, -0.2) is 4.98 Å². The number of halogens is 1. The molecule has 1 aromatic heterocycles. The van der Waals surface area contributed by atoms with Crippen molar-refractivity contribution >= 4 is 40.0 Å². The Labute approximate surface area is 178 Å². The first kappa shape index (κ1) is 19.5. The van der Waals surface area contributed by atoms with Gasteiger partial charge >= 0.3 is 0 Å². The van der Waals surface area contributed by atoms with Crippen LogP contribution in [0, 0.1) is 5.41 Å². The van der Waals surface area contributed by atoms with E-state index in [4.69, 9.17) is 21.7 Å². The molecule has 0 fully saturated rings. The van der Waals surface area contributed by atoms with E-state index in [1.807, 2.05) is 67.8 Å². The van der Waals surface area contributed by atoms with Crippen molar-refractivity contribution in [1.82, 2.24) is 4.98 Å². The Morgan fingerprint density at radius 2 is 1.90 bits per heavy atom. The third-order valence-corrected chi connectivity index (χ3v) is 5.59. The summed E-state index contributed by atoms with van der Waals surface area (Å²) in [5.41, 5.74) is 2.93. The van der Waals surface area contributed by atoms with Crippen molar-refractivity contribution in [2.24, 2.45) is 0 Å². The van der Waals surface area contributed by atoms with E-state index in [1.54, 1.807) is 4.90 Å². The lowest BCUT2D eigenvalue weighted by molar-refractivity contribution is 0.243. The average molecular weight is 426 g/mol. The normalized spacial score (nSPS) is 14.2. The van der Waals surface area contributed by atoms with Gasteiger partial charge in [-0.15, -0.1) is 11.3 Å². The molecule has 29 heavy (non-hydrogen) atoms. The summed E-state index contributed by atoms with van der Waals surface area (Å²) >= 11 is 7.37. The smallest absolute Gasteiger partial charge is 0.143 e. The van der Waals surface area contributed by atoms with Gasteiger partial charge in [0.2, 0.25) is 0 Å². The van der Waals surface area contributed by atoms with Gasteiger partial charge in [0.25, 0.3) is 0 Å². The topological polar surface area (TPSA) is 69.4 Å². The maximum absolute atomic E-state index is 10.6. The van der Waals surface area contributed by atoms with Gasteiger partial charge in [-0.1, -0.05) is 35.9 Å². The van der Waals surface area contributed by atoms with E-state index < -0.39 is 0 Å². The highest BCUT2D eigenvalue weighted by atomic mass is 35.5. The molecular weight excluding hydrogens is 406 g/mol. The molecule has 0 aliphatic carbocycles. The molecule has 4 rings (SSSR count). The standard InChI is InChI=1S/C22H20ClN3O2S/c1-13(2)28-19-6-4-3-5-17(19)26-11-18(27)20(21(26)24)22-25-16(12-29-22)14-7-9-15(23)10-8-14/h3-10,12-13,24,27H,11H2,1-2H3. The molecule has 2 aromatic carbocycles. The monoisotopic (exact) mass is 425 g/mol. The predicted octanol–water partition coefficient (Wildman–Crippen LogP) is 6.02. The van der Waals surface area contributed by atoms with Crippen LogP contribution in [0.4, 0.5) is 5.69 Å². The van der Waals surface area contributed by atoms with E-state index in [9.17, 15) is 5.11 Å². The Morgan fingerprint density at radius 3 is 2.62 bits per heavy atom. The lowest BCUT2D eigenvalue weighted by atomic mass is 10.2. The minimum atomic E-state index is 0.00913. The molecule has 3 aromatic rings. The van der Waals surface area contributed by atoms with Crippen molar-refractivity contribution in [2.45, 2.75) is 20.0 Å². The van der Waals surface area contributed by atoms with Crippen LogP contribution < -0.4 is 9.64 Å². The lowest BCUT2D eigenvalue weighted by Gasteiger charge is -2.23. The number of para-hydroxylation sites is 2. The number of aliphatic hydroxyl groups is 1. The first-order valence-electron chi connectivity index (χ1n) is 9.20. The molecule has 0 saturated carbocycles. The van der Waals surface area contributed by atoms with Crippen LogP contribution in [-0.4, -0.2) is 28.6 Å². The Kier molecular flexibility index (Phi) is 5.30. The summed E-state index contributed by atoms with van der Waals surface area (Å²) in [4.78, 5) is 6.39. The van der Waals surface area contributed by atoms with E-state index >= 15 is 0 Å². The molecule has 0 spiro atoms. The van der Waals surface area contributed by atoms with Gasteiger partial charge in [0, 0.05) is 16.0 Å². The quantitative estimate of drug-likeness (QED) is 0.524. The number of nitrogens with one attached hydrogen (secondary N) is 1. The largest absolute Gasteiger partial charge is 0.510 e. The van der Waals surface area contributed by atoms with Gasteiger partial charge in [-0.3, -0.25) is 5.41 Å². The van der Waals surface area contributed by atoms with Crippen molar-refractivity contribution in [3.05, 3.63) is 69.7 Å². The number of rotatable bonds is 5. The summed E-state index contributed by atoms with van der Waals surface area (Å²) in [6, 6.07) is 15.0. The second-order valence-corrected chi connectivity index (χ2v) is 8.23. The van der Waals surface area contributed by atoms with Gasteiger partial charge < -0.3 is 14.7 Å². The predicted molar refractivity (Wildman–Crippen MR) is 119 cm³/mol. The highest BCUT2D eigenvalue weighted by Gasteiger charge is 2.32. The van der Waals surface area contributed by atoms with Gasteiger partial charge in [-0.05, 0) is 38.1 Å². The molecule has 148 valence electrons. The van der Waals surface area contributed by atoms with Crippen LogP contribution in [-0.2, 0) is 0 Å². The minimum Gasteiger partial charge on any atom is -0.510 e. The van der Waals surface area contributed by atoms with Crippen molar-refractivity contribution in [3.63, 3.8) is 0 Å². The highest BCUT2D eigenvalue weighted by Crippen LogP contribution is 2.38. The van der Waals surface area contributed by atoms with E-state index in [-0.39, 0.29) is 24.2 Å². The molecule has 0 radical (unpaired) electrons. The van der Waals surface area contributed by atoms with E-state index in [0.29, 0.717) is 21.4 Å². The Balaban J connectivity index is 1.64. The molecule has 1 aliphatic rings. The van der Waals surface area contributed by atoms with Crippen LogP contribution in [0.25, 0.3) is 16.8 Å². The van der Waals surface area contributed by atoms with E-state index in [2.05, 4.69) is 4.98 Å². The van der Waals surface area contributed by atoms with Crippen molar-refractivity contribution in [1.29, 1.82) is 5.41 Å². The molecule has 0 amide bonds. The molecule has 0 unspecified atom stereocenters. The van der Waals surface area contributed by atoms with Crippen molar-refractivity contribution in [3.8, 4) is 17.0 Å². The van der Waals surface area contributed by atoms with E-state index in [1.165, 1.54) is 11.3 Å². The molecule has 2 N–H and O–H groups in total. The van der Waals surface area contributed by atoms with E-state index in [0.717, 1.165) is 16.9 Å². The number of hydrogen-bond donors (Lipinski definition) is 2. The first-order chi connectivity index (χ1) is 13.9. The highest BCUT2D eigenvalue weighted by molar-refractivity contribution is 7.11. The Morgan fingerprint density at radius 1 is 1.17 bits per heavy atom. The average Bonchev–Trinajstić information content (AvgIpc) is 3.27. The fourth-order valence-electron chi connectivity index (χ4n) is 3.19. The van der Waals surface area contributed by atoms with Crippen molar-refractivity contribution < 1.29 is 9.84 Å². The number of benzene rings is 2. The number of aromatic nitrogens is 1. The lowest BCUT2D eigenvalue weighted by Crippen LogP contribution is -2.27. The number of aliphatic hydroxyl groups excluding tert-OH is 1. The molecule has 1 aliphatic heterocycles. The fraction of sp³-hybridized carbons (Fsp3) is 0.182. The number of thiazole rings is 1. The molecular formula is C22H20ClN3O2S. The maximum atomic E-state index is 10.6. The van der Waals surface area contributed by atoms with Crippen LogP contribution in [0.1, 0.15) is 18.9 Å². The minimum absolute atomic E-state index is 0.00913. The first-order valence-corrected chi connectivity index (χ1v) is 10.5. The third-order valence-electron chi connectivity index (χ3n) is 4.48. The molecule has 0 bridgehead atoms. The second kappa shape index (κ2) is 7.89. The molecule has 2 heterocycles. The van der Waals surface area contributed by atoms with Gasteiger partial charge in [-0.2, -0.15) is 0 Å². The number of amidine groups is 1. The fourth-order valence-corrected chi connectivity index (χ4v) is 4.21. The van der Waals surface area contributed by atoms with Gasteiger partial charge in [0.05, 0.1) is 29.6 Å². The zero-order valence-electron chi connectivity index (χ0n) is 16.0. The molecule has 5 nitrogen and oxygen atoms in total. The number of nitrogens with zero attached hydrogens (tertiary/aromatic N) is 2. The zero-order valence-corrected chi connectivity index (χ0v) is 17.6. The van der Waals surface area contributed by atoms with Crippen LogP contribution in [0.3, 0.4) is 0 Å². The Hall–Kier alpha value is -2.83. The molecule has 0 saturated heterocycles. The zero-order chi connectivity index (χ0) is 20.5. The van der Waals surface area contributed by atoms with Crippen LogP contribution >= 0.6 is 22.9 Å². The molecule has 0 atom stereocenters. The van der Waals surface area contributed by atoms with Gasteiger partial charge in [0.15, 0.2) is 0 Å². The number of ether oxygens (including phenoxy) is 1. The third kappa shape index (κ3) is 3.86. The number of hydrogen-bond acceptors (Lipinski definition) is 5. The summed E-state index contributed by atoms with van der Waals surface area (Å²) < 4.78 is 5.89. The Bertz CT molecular complexity index is 1090. The summed E-state index contributed by atoms with van der Waals surface area (Å²) in [7, 11) is 0. The SMILES string of the molecule is CC(C)Oc1ccccc1N1CC(O)=C(c2nc(-c3ccc(Cl)cc3)cs2)C1=N. The summed E-state index contributed by atoms with van der Waals surface area (Å²) in [6.45, 7) is 4.13. The van der Waals surface area contributed by atoms with Crippen LogP contribution in [0.2, 0.25) is 5.02 Å². The summed E-state index contributed by atoms with van der Waals surface area (Å²) in [5, 5.41) is 22.5. The number of anilines is 1. The maximum Gasteiger partial charge on any atom is 0.143 e. The summed E-state index contributed by atoms with van der Waals surface area (Å²) in [6.07, 6.45) is 0.00913. The molecule has 7 heteroatoms.